The van der Waals surface area contributed by atoms with E-state index in [1.54, 1.807) is 23.1 Å². The maximum absolute atomic E-state index is 12.6. The van der Waals surface area contributed by atoms with Crippen LogP contribution in [0.25, 0.3) is 0 Å². The van der Waals surface area contributed by atoms with Gasteiger partial charge in [-0.15, -0.1) is 0 Å². The molecule has 0 saturated carbocycles. The molecule has 1 saturated heterocycles. The molecule has 3 aromatic rings. The number of carbonyl (C=O) groups excluding carboxylic acids is 3. The third kappa shape index (κ3) is 6.01. The van der Waals surface area contributed by atoms with E-state index in [1.165, 1.54) is 0 Å². The number of hydrogen-bond acceptors (Lipinski definition) is 3. The van der Waals surface area contributed by atoms with E-state index >= 15 is 0 Å². The summed E-state index contributed by atoms with van der Waals surface area (Å²) < 4.78 is 0. The molecule has 0 radical (unpaired) electrons. The zero-order valence-electron chi connectivity index (χ0n) is 19.1. The van der Waals surface area contributed by atoms with Crippen LogP contribution in [0, 0.1) is 6.92 Å². The Bertz CT molecular complexity index is 1190. The first kappa shape index (κ1) is 23.0. The van der Waals surface area contributed by atoms with Crippen molar-refractivity contribution in [2.24, 2.45) is 0 Å². The molecule has 174 valence electrons. The van der Waals surface area contributed by atoms with E-state index in [0.29, 0.717) is 24.2 Å². The lowest BCUT2D eigenvalue weighted by Gasteiger charge is -2.26. The molecule has 7 nitrogen and oxygen atoms in total. The van der Waals surface area contributed by atoms with Gasteiger partial charge in [-0.1, -0.05) is 24.3 Å². The number of nitrogens with one attached hydrogen (secondary N) is 3. The van der Waals surface area contributed by atoms with Crippen LogP contribution in [-0.2, 0) is 11.3 Å². The molecule has 0 spiro atoms. The minimum Gasteiger partial charge on any atom is -0.348 e. The molecular weight excluding hydrogens is 428 g/mol. The third-order valence-corrected chi connectivity index (χ3v) is 5.68. The van der Waals surface area contributed by atoms with Gasteiger partial charge in [0.2, 0.25) is 5.91 Å². The topological polar surface area (TPSA) is 90.5 Å². The van der Waals surface area contributed by atoms with E-state index in [1.807, 2.05) is 61.5 Å². The Balaban J connectivity index is 1.31. The Morgan fingerprint density at radius 1 is 0.882 bits per heavy atom. The number of carbonyl (C=O) groups is 3. The molecule has 1 aliphatic rings. The van der Waals surface area contributed by atoms with Crippen molar-refractivity contribution in [3.63, 3.8) is 0 Å². The largest absolute Gasteiger partial charge is 0.348 e. The summed E-state index contributed by atoms with van der Waals surface area (Å²) >= 11 is 0. The summed E-state index contributed by atoms with van der Waals surface area (Å²) in [6, 6.07) is 21.7. The standard InChI is InChI=1S/C27H28N4O3/c1-19-6-4-8-22(16-19)29-27(34)30-23-9-5-7-20(17-23)18-28-26(33)21-11-13-24(14-12-21)31-15-3-2-10-25(31)32/h4-9,11-14,16-17H,2-3,10,15,18H2,1H3,(H,28,33)(H2,29,30,34). The zero-order chi connectivity index (χ0) is 23.9. The van der Waals surface area contributed by atoms with Crippen LogP contribution in [0.2, 0.25) is 0 Å². The van der Waals surface area contributed by atoms with Gasteiger partial charge in [0.15, 0.2) is 0 Å². The number of nitrogens with zero attached hydrogens (tertiary/aromatic N) is 1. The molecule has 0 bridgehead atoms. The van der Waals surface area contributed by atoms with Crippen molar-refractivity contribution in [1.82, 2.24) is 5.32 Å². The predicted octanol–water partition coefficient (Wildman–Crippen LogP) is 5.09. The summed E-state index contributed by atoms with van der Waals surface area (Å²) in [6.07, 6.45) is 2.50. The van der Waals surface area contributed by atoms with E-state index in [2.05, 4.69) is 16.0 Å². The highest BCUT2D eigenvalue weighted by atomic mass is 16.2. The molecule has 3 aromatic carbocycles. The molecule has 4 rings (SSSR count). The fraction of sp³-hybridized carbons (Fsp3) is 0.222. The van der Waals surface area contributed by atoms with E-state index < -0.39 is 0 Å². The molecule has 1 heterocycles. The Hall–Kier alpha value is -4.13. The number of rotatable bonds is 6. The van der Waals surface area contributed by atoms with Crippen molar-refractivity contribution < 1.29 is 14.4 Å². The molecule has 4 amide bonds. The minimum atomic E-state index is -0.334. The summed E-state index contributed by atoms with van der Waals surface area (Å²) in [4.78, 5) is 38.8. The van der Waals surface area contributed by atoms with Crippen LogP contribution in [-0.4, -0.2) is 24.4 Å². The SMILES string of the molecule is Cc1cccc(NC(=O)Nc2cccc(CNC(=O)c3ccc(N4CCCCC4=O)cc3)c2)c1. The molecule has 0 atom stereocenters. The van der Waals surface area contributed by atoms with Gasteiger partial charge in [0.1, 0.15) is 0 Å². The number of benzene rings is 3. The van der Waals surface area contributed by atoms with E-state index in [4.69, 9.17) is 0 Å². The summed E-state index contributed by atoms with van der Waals surface area (Å²) in [5, 5.41) is 8.53. The highest BCUT2D eigenvalue weighted by Crippen LogP contribution is 2.21. The lowest BCUT2D eigenvalue weighted by molar-refractivity contribution is -0.119. The van der Waals surface area contributed by atoms with Crippen LogP contribution in [0.1, 0.15) is 40.7 Å². The molecule has 0 aliphatic carbocycles. The molecule has 3 N–H and O–H groups in total. The van der Waals surface area contributed by atoms with Gasteiger partial charge < -0.3 is 20.9 Å². The van der Waals surface area contributed by atoms with E-state index in [9.17, 15) is 14.4 Å². The van der Waals surface area contributed by atoms with Gasteiger partial charge in [-0.05, 0) is 79.4 Å². The summed E-state index contributed by atoms with van der Waals surface area (Å²) in [5.74, 6) is -0.0726. The van der Waals surface area contributed by atoms with Crippen molar-refractivity contribution in [2.45, 2.75) is 32.7 Å². The summed E-state index contributed by atoms with van der Waals surface area (Å²) in [6.45, 7) is 3.00. The predicted molar refractivity (Wildman–Crippen MR) is 134 cm³/mol. The van der Waals surface area contributed by atoms with Crippen molar-refractivity contribution in [1.29, 1.82) is 0 Å². The first-order valence-electron chi connectivity index (χ1n) is 11.4. The van der Waals surface area contributed by atoms with Gasteiger partial charge in [0.05, 0.1) is 0 Å². The van der Waals surface area contributed by atoms with Crippen molar-refractivity contribution in [2.75, 3.05) is 22.1 Å². The van der Waals surface area contributed by atoms with Gasteiger partial charge in [-0.3, -0.25) is 9.59 Å². The van der Waals surface area contributed by atoms with Gasteiger partial charge in [0.25, 0.3) is 5.91 Å². The van der Waals surface area contributed by atoms with Crippen LogP contribution in [0.5, 0.6) is 0 Å². The van der Waals surface area contributed by atoms with Gasteiger partial charge in [-0.25, -0.2) is 4.79 Å². The first-order valence-corrected chi connectivity index (χ1v) is 11.4. The Morgan fingerprint density at radius 2 is 1.59 bits per heavy atom. The molecule has 0 unspecified atom stereocenters. The number of urea groups is 1. The van der Waals surface area contributed by atoms with Crippen molar-refractivity contribution in [3.05, 3.63) is 89.5 Å². The average molecular weight is 457 g/mol. The van der Waals surface area contributed by atoms with Gasteiger partial charge in [0, 0.05) is 42.1 Å². The quantitative estimate of drug-likeness (QED) is 0.483. The molecule has 0 aromatic heterocycles. The molecule has 7 heteroatoms. The van der Waals surface area contributed by atoms with Gasteiger partial charge in [-0.2, -0.15) is 0 Å². The third-order valence-electron chi connectivity index (χ3n) is 5.68. The normalized spacial score (nSPS) is 13.3. The molecule has 1 aliphatic heterocycles. The second-order valence-electron chi connectivity index (χ2n) is 8.38. The van der Waals surface area contributed by atoms with E-state index in [0.717, 1.165) is 41.9 Å². The van der Waals surface area contributed by atoms with Gasteiger partial charge >= 0.3 is 6.03 Å². The van der Waals surface area contributed by atoms with Crippen LogP contribution in [0.4, 0.5) is 21.9 Å². The Kier molecular flexibility index (Phi) is 7.22. The number of aryl methyl sites for hydroxylation is 1. The summed E-state index contributed by atoms with van der Waals surface area (Å²) in [5.41, 5.74) is 4.62. The smallest absolute Gasteiger partial charge is 0.323 e. The maximum Gasteiger partial charge on any atom is 0.323 e. The number of anilines is 3. The molecule has 34 heavy (non-hydrogen) atoms. The molecular formula is C27H28N4O3. The lowest BCUT2D eigenvalue weighted by atomic mass is 10.1. The number of hydrogen-bond donors (Lipinski definition) is 3. The van der Waals surface area contributed by atoms with E-state index in [-0.39, 0.29) is 17.8 Å². The second-order valence-corrected chi connectivity index (χ2v) is 8.38. The first-order chi connectivity index (χ1) is 16.5. The molecule has 1 fully saturated rings. The summed E-state index contributed by atoms with van der Waals surface area (Å²) in [7, 11) is 0. The highest BCUT2D eigenvalue weighted by Gasteiger charge is 2.19. The van der Waals surface area contributed by atoms with Crippen LogP contribution < -0.4 is 20.9 Å². The Labute approximate surface area is 199 Å². The monoisotopic (exact) mass is 456 g/mol. The fourth-order valence-corrected chi connectivity index (χ4v) is 3.93. The average Bonchev–Trinajstić information content (AvgIpc) is 2.83. The van der Waals surface area contributed by atoms with Crippen LogP contribution in [0.15, 0.2) is 72.8 Å². The number of amides is 4. The second kappa shape index (κ2) is 10.7. The van der Waals surface area contributed by atoms with Crippen LogP contribution >= 0.6 is 0 Å². The van der Waals surface area contributed by atoms with Crippen LogP contribution in [0.3, 0.4) is 0 Å². The zero-order valence-corrected chi connectivity index (χ0v) is 19.1. The van der Waals surface area contributed by atoms with Crippen molar-refractivity contribution >= 4 is 34.9 Å². The number of piperidine rings is 1. The highest BCUT2D eigenvalue weighted by molar-refractivity contribution is 6.00. The minimum absolute atomic E-state index is 0.129. The lowest BCUT2D eigenvalue weighted by Crippen LogP contribution is -2.35. The maximum atomic E-state index is 12.6. The Morgan fingerprint density at radius 3 is 2.29 bits per heavy atom. The van der Waals surface area contributed by atoms with Crippen molar-refractivity contribution in [3.8, 4) is 0 Å². The fourth-order valence-electron chi connectivity index (χ4n) is 3.93.